The van der Waals surface area contributed by atoms with Crippen LogP contribution in [-0.2, 0) is 11.3 Å². The van der Waals surface area contributed by atoms with Crippen LogP contribution in [0.25, 0.3) is 0 Å². The molecular formula is C21H35NO5. The SMILES string of the molecule is COc1ccc(OC)c(COC[C@@H](O)CN2C(C)(C)CC(O)CC2(C)C)c1. The lowest BCUT2D eigenvalue weighted by Crippen LogP contribution is -2.63. The quantitative estimate of drug-likeness (QED) is 0.721. The molecule has 1 aromatic carbocycles. The number of ether oxygens (including phenoxy) is 3. The van der Waals surface area contributed by atoms with Crippen LogP contribution in [0.4, 0.5) is 0 Å². The predicted molar refractivity (Wildman–Crippen MR) is 105 cm³/mol. The minimum absolute atomic E-state index is 0.182. The molecule has 0 aliphatic carbocycles. The molecule has 1 aliphatic heterocycles. The fraction of sp³-hybridized carbons (Fsp3) is 0.714. The summed E-state index contributed by atoms with van der Waals surface area (Å²) in [6.07, 6.45) is 0.478. The molecule has 1 saturated heterocycles. The normalized spacial score (nSPS) is 21.0. The van der Waals surface area contributed by atoms with Crippen molar-refractivity contribution in [2.45, 2.75) is 70.4 Å². The molecule has 6 nitrogen and oxygen atoms in total. The Kier molecular flexibility index (Phi) is 7.14. The van der Waals surface area contributed by atoms with Gasteiger partial charge in [-0.2, -0.15) is 0 Å². The van der Waals surface area contributed by atoms with Crippen molar-refractivity contribution >= 4 is 0 Å². The van der Waals surface area contributed by atoms with Gasteiger partial charge in [-0.05, 0) is 58.7 Å². The van der Waals surface area contributed by atoms with E-state index < -0.39 is 6.10 Å². The van der Waals surface area contributed by atoms with Crippen LogP contribution in [-0.4, -0.2) is 65.8 Å². The maximum Gasteiger partial charge on any atom is 0.124 e. The number of methoxy groups -OCH3 is 2. The molecule has 6 heteroatoms. The summed E-state index contributed by atoms with van der Waals surface area (Å²) in [4.78, 5) is 2.28. The smallest absolute Gasteiger partial charge is 0.124 e. The van der Waals surface area contributed by atoms with Gasteiger partial charge < -0.3 is 24.4 Å². The molecule has 1 fully saturated rings. The molecule has 1 aliphatic rings. The number of benzene rings is 1. The monoisotopic (exact) mass is 381 g/mol. The van der Waals surface area contributed by atoms with E-state index in [2.05, 4.69) is 32.6 Å². The number of hydrogen-bond acceptors (Lipinski definition) is 6. The number of β-amino-alcohol motifs (C(OH)–C–C–N with tert-alkyl or cyclic N) is 1. The Bertz CT molecular complexity index is 599. The Morgan fingerprint density at radius 3 is 2.30 bits per heavy atom. The molecular weight excluding hydrogens is 346 g/mol. The zero-order valence-corrected chi connectivity index (χ0v) is 17.5. The van der Waals surface area contributed by atoms with Crippen molar-refractivity contribution in [3.8, 4) is 11.5 Å². The number of likely N-dealkylation sites (tertiary alicyclic amines) is 1. The lowest BCUT2D eigenvalue weighted by Gasteiger charge is -2.55. The molecule has 2 N–H and O–H groups in total. The van der Waals surface area contributed by atoms with E-state index in [9.17, 15) is 10.2 Å². The van der Waals surface area contributed by atoms with Crippen LogP contribution in [0.3, 0.4) is 0 Å². The average Bonchev–Trinajstić information content (AvgIpc) is 2.57. The highest BCUT2D eigenvalue weighted by Gasteiger charge is 2.45. The Morgan fingerprint density at radius 1 is 1.11 bits per heavy atom. The molecule has 0 unspecified atom stereocenters. The molecule has 0 amide bonds. The summed E-state index contributed by atoms with van der Waals surface area (Å²) in [6.45, 7) is 9.53. The topological polar surface area (TPSA) is 71.4 Å². The zero-order chi connectivity index (χ0) is 20.2. The van der Waals surface area contributed by atoms with Gasteiger partial charge in [-0.3, -0.25) is 4.90 Å². The molecule has 1 atom stereocenters. The highest BCUT2D eigenvalue weighted by Crippen LogP contribution is 2.38. The van der Waals surface area contributed by atoms with E-state index in [0.717, 1.165) is 17.1 Å². The van der Waals surface area contributed by atoms with Gasteiger partial charge in [0.1, 0.15) is 11.5 Å². The highest BCUT2D eigenvalue weighted by molar-refractivity contribution is 5.39. The van der Waals surface area contributed by atoms with Crippen LogP contribution in [0.5, 0.6) is 11.5 Å². The second kappa shape index (κ2) is 8.78. The summed E-state index contributed by atoms with van der Waals surface area (Å²) in [5, 5.41) is 20.7. The van der Waals surface area contributed by atoms with E-state index in [1.165, 1.54) is 0 Å². The number of piperidine rings is 1. The molecule has 27 heavy (non-hydrogen) atoms. The minimum Gasteiger partial charge on any atom is -0.497 e. The van der Waals surface area contributed by atoms with Crippen molar-refractivity contribution < 1.29 is 24.4 Å². The van der Waals surface area contributed by atoms with Gasteiger partial charge in [-0.25, -0.2) is 0 Å². The summed E-state index contributed by atoms with van der Waals surface area (Å²) in [6, 6.07) is 5.56. The van der Waals surface area contributed by atoms with Gasteiger partial charge in [-0.1, -0.05) is 0 Å². The lowest BCUT2D eigenvalue weighted by molar-refractivity contribution is -0.105. The largest absolute Gasteiger partial charge is 0.497 e. The standard InChI is InChI=1S/C21H35NO5/c1-20(2)10-16(23)11-21(3,4)22(20)12-17(24)14-27-13-15-9-18(25-5)7-8-19(15)26-6/h7-9,16-17,23-24H,10-14H2,1-6H3/t17-/m0/s1. The summed E-state index contributed by atoms with van der Waals surface area (Å²) in [7, 11) is 3.24. The second-order valence-corrected chi connectivity index (χ2v) is 8.64. The summed E-state index contributed by atoms with van der Waals surface area (Å²) >= 11 is 0. The summed E-state index contributed by atoms with van der Waals surface area (Å²) < 4.78 is 16.4. The maximum atomic E-state index is 10.6. The second-order valence-electron chi connectivity index (χ2n) is 8.64. The van der Waals surface area contributed by atoms with Gasteiger partial charge in [0.15, 0.2) is 0 Å². The van der Waals surface area contributed by atoms with Crippen LogP contribution in [0, 0.1) is 0 Å². The number of nitrogens with zero attached hydrogens (tertiary/aromatic N) is 1. The fourth-order valence-electron chi connectivity index (χ4n) is 4.32. The summed E-state index contributed by atoms with van der Waals surface area (Å²) in [5.41, 5.74) is 0.516. The third-order valence-electron chi connectivity index (χ3n) is 5.38. The molecule has 154 valence electrons. The number of aliphatic hydroxyl groups is 2. The molecule has 0 aromatic heterocycles. The van der Waals surface area contributed by atoms with Crippen LogP contribution in [0.1, 0.15) is 46.1 Å². The predicted octanol–water partition coefficient (Wildman–Crippen LogP) is 2.60. The lowest BCUT2D eigenvalue weighted by atomic mass is 9.78. The Hall–Kier alpha value is -1.34. The van der Waals surface area contributed by atoms with Gasteiger partial charge in [-0.15, -0.1) is 0 Å². The number of rotatable bonds is 8. The summed E-state index contributed by atoms with van der Waals surface area (Å²) in [5.74, 6) is 1.47. The number of hydrogen-bond donors (Lipinski definition) is 2. The molecule has 0 bridgehead atoms. The first-order valence-corrected chi connectivity index (χ1v) is 9.51. The van der Waals surface area contributed by atoms with E-state index in [1.54, 1.807) is 14.2 Å². The van der Waals surface area contributed by atoms with E-state index in [1.807, 2.05) is 18.2 Å². The van der Waals surface area contributed by atoms with Crippen molar-refractivity contribution in [3.63, 3.8) is 0 Å². The van der Waals surface area contributed by atoms with E-state index >= 15 is 0 Å². The van der Waals surface area contributed by atoms with Crippen molar-refractivity contribution in [1.82, 2.24) is 4.90 Å². The van der Waals surface area contributed by atoms with E-state index in [0.29, 0.717) is 26.0 Å². The molecule has 1 heterocycles. The van der Waals surface area contributed by atoms with Crippen LogP contribution in [0.15, 0.2) is 18.2 Å². The average molecular weight is 382 g/mol. The van der Waals surface area contributed by atoms with Gasteiger partial charge in [0, 0.05) is 23.2 Å². The highest BCUT2D eigenvalue weighted by atomic mass is 16.5. The fourth-order valence-corrected chi connectivity index (χ4v) is 4.32. The Labute approximate surface area is 163 Å². The van der Waals surface area contributed by atoms with Crippen LogP contribution in [0.2, 0.25) is 0 Å². The van der Waals surface area contributed by atoms with Crippen LogP contribution >= 0.6 is 0 Å². The van der Waals surface area contributed by atoms with E-state index in [4.69, 9.17) is 14.2 Å². The first-order chi connectivity index (χ1) is 12.6. The van der Waals surface area contributed by atoms with Gasteiger partial charge in [0.25, 0.3) is 0 Å². The number of aliphatic hydroxyl groups excluding tert-OH is 2. The van der Waals surface area contributed by atoms with Gasteiger partial charge >= 0.3 is 0 Å². The van der Waals surface area contributed by atoms with Crippen LogP contribution < -0.4 is 9.47 Å². The maximum absolute atomic E-state index is 10.6. The zero-order valence-electron chi connectivity index (χ0n) is 17.5. The molecule has 0 saturated carbocycles. The van der Waals surface area contributed by atoms with E-state index in [-0.39, 0.29) is 23.8 Å². The molecule has 0 radical (unpaired) electrons. The van der Waals surface area contributed by atoms with Crippen molar-refractivity contribution in [1.29, 1.82) is 0 Å². The molecule has 1 aromatic rings. The first-order valence-electron chi connectivity index (χ1n) is 9.51. The molecule has 0 spiro atoms. The van der Waals surface area contributed by atoms with Crippen molar-refractivity contribution in [3.05, 3.63) is 23.8 Å². The molecule has 2 rings (SSSR count). The van der Waals surface area contributed by atoms with Crippen molar-refractivity contribution in [2.75, 3.05) is 27.4 Å². The third kappa shape index (κ3) is 5.57. The Morgan fingerprint density at radius 2 is 1.74 bits per heavy atom. The Balaban J connectivity index is 1.93. The first kappa shape index (κ1) is 22.0. The minimum atomic E-state index is -0.615. The van der Waals surface area contributed by atoms with Crippen molar-refractivity contribution in [2.24, 2.45) is 0 Å². The van der Waals surface area contributed by atoms with Gasteiger partial charge in [0.2, 0.25) is 0 Å². The third-order valence-corrected chi connectivity index (χ3v) is 5.38. The van der Waals surface area contributed by atoms with Gasteiger partial charge in [0.05, 0.1) is 39.6 Å².